The second-order valence-corrected chi connectivity index (χ2v) is 3.41. The van der Waals surface area contributed by atoms with Gasteiger partial charge >= 0.3 is 0 Å². The van der Waals surface area contributed by atoms with E-state index in [1.54, 1.807) is 11.8 Å². The van der Waals surface area contributed by atoms with Crippen molar-refractivity contribution in [1.29, 1.82) is 0 Å². The SMILES string of the molecule is C=CCNC(=NCCSC)NCC.I. The lowest BCUT2D eigenvalue weighted by molar-refractivity contribution is 0.869. The molecule has 0 saturated heterocycles. The van der Waals surface area contributed by atoms with Crippen molar-refractivity contribution in [3.8, 4) is 0 Å². The zero-order valence-corrected chi connectivity index (χ0v) is 12.0. The highest BCUT2D eigenvalue weighted by atomic mass is 127. The maximum Gasteiger partial charge on any atom is 0.191 e. The average molecular weight is 329 g/mol. The van der Waals surface area contributed by atoms with Gasteiger partial charge in [-0.1, -0.05) is 6.08 Å². The number of guanidine groups is 1. The Morgan fingerprint density at radius 1 is 1.50 bits per heavy atom. The van der Waals surface area contributed by atoms with Crippen molar-refractivity contribution in [3.63, 3.8) is 0 Å². The number of nitrogens with zero attached hydrogens (tertiary/aromatic N) is 1. The van der Waals surface area contributed by atoms with Crippen molar-refractivity contribution >= 4 is 41.7 Å². The lowest BCUT2D eigenvalue weighted by atomic mass is 10.6. The van der Waals surface area contributed by atoms with E-state index >= 15 is 0 Å². The zero-order chi connectivity index (χ0) is 9.94. The molecule has 2 N–H and O–H groups in total. The van der Waals surface area contributed by atoms with Crippen LogP contribution in [0.5, 0.6) is 0 Å². The lowest BCUT2D eigenvalue weighted by Gasteiger charge is -2.08. The van der Waals surface area contributed by atoms with Crippen LogP contribution in [-0.2, 0) is 0 Å². The van der Waals surface area contributed by atoms with Gasteiger partial charge in [-0.05, 0) is 13.2 Å². The fraction of sp³-hybridized carbons (Fsp3) is 0.667. The summed E-state index contributed by atoms with van der Waals surface area (Å²) in [6.45, 7) is 8.20. The van der Waals surface area contributed by atoms with Gasteiger partial charge in [0.15, 0.2) is 5.96 Å². The Morgan fingerprint density at radius 2 is 2.21 bits per heavy atom. The summed E-state index contributed by atoms with van der Waals surface area (Å²) in [6.07, 6.45) is 3.90. The van der Waals surface area contributed by atoms with Gasteiger partial charge in [0.05, 0.1) is 6.54 Å². The number of hydrogen-bond donors (Lipinski definition) is 2. The van der Waals surface area contributed by atoms with Crippen molar-refractivity contribution in [2.75, 3.05) is 31.6 Å². The van der Waals surface area contributed by atoms with Gasteiger partial charge < -0.3 is 10.6 Å². The Kier molecular flexibility index (Phi) is 15.4. The van der Waals surface area contributed by atoms with E-state index in [1.807, 2.05) is 6.08 Å². The zero-order valence-electron chi connectivity index (χ0n) is 8.88. The number of nitrogens with one attached hydrogen (secondary N) is 2. The van der Waals surface area contributed by atoms with Crippen LogP contribution in [0.2, 0.25) is 0 Å². The predicted molar refractivity (Wildman–Crippen MR) is 78.0 cm³/mol. The lowest BCUT2D eigenvalue weighted by Crippen LogP contribution is -2.37. The first-order valence-corrected chi connectivity index (χ1v) is 5.86. The molecule has 0 aliphatic rings. The van der Waals surface area contributed by atoms with E-state index in [0.29, 0.717) is 0 Å². The number of thioether (sulfide) groups is 1. The van der Waals surface area contributed by atoms with Gasteiger partial charge in [-0.15, -0.1) is 30.6 Å². The van der Waals surface area contributed by atoms with Crippen molar-refractivity contribution in [2.24, 2.45) is 4.99 Å². The largest absolute Gasteiger partial charge is 0.357 e. The van der Waals surface area contributed by atoms with Crippen molar-refractivity contribution < 1.29 is 0 Å². The van der Waals surface area contributed by atoms with Gasteiger partial charge in [0.1, 0.15) is 0 Å². The molecular formula is C9H20IN3S. The van der Waals surface area contributed by atoms with Crippen LogP contribution in [0.3, 0.4) is 0 Å². The molecular weight excluding hydrogens is 309 g/mol. The molecule has 0 atom stereocenters. The van der Waals surface area contributed by atoms with Crippen LogP contribution in [0.1, 0.15) is 6.92 Å². The molecule has 5 heteroatoms. The molecule has 84 valence electrons. The van der Waals surface area contributed by atoms with E-state index in [4.69, 9.17) is 0 Å². The topological polar surface area (TPSA) is 36.4 Å². The molecule has 0 saturated carbocycles. The minimum absolute atomic E-state index is 0. The van der Waals surface area contributed by atoms with E-state index in [1.165, 1.54) is 0 Å². The molecule has 0 spiro atoms. The van der Waals surface area contributed by atoms with Gasteiger partial charge in [0.2, 0.25) is 0 Å². The third-order valence-corrected chi connectivity index (χ3v) is 1.91. The summed E-state index contributed by atoms with van der Waals surface area (Å²) in [7, 11) is 0. The number of hydrogen-bond acceptors (Lipinski definition) is 2. The maximum absolute atomic E-state index is 4.37. The second-order valence-electron chi connectivity index (χ2n) is 2.42. The first-order valence-electron chi connectivity index (χ1n) is 4.47. The van der Waals surface area contributed by atoms with E-state index in [0.717, 1.165) is 31.3 Å². The fourth-order valence-corrected chi connectivity index (χ4v) is 1.03. The first-order chi connectivity index (χ1) is 6.35. The highest BCUT2D eigenvalue weighted by molar-refractivity contribution is 14.0. The van der Waals surface area contributed by atoms with E-state index in [2.05, 4.69) is 35.4 Å². The second kappa shape index (κ2) is 13.1. The van der Waals surface area contributed by atoms with Crippen LogP contribution in [0.25, 0.3) is 0 Å². The number of halogens is 1. The van der Waals surface area contributed by atoms with Crippen molar-refractivity contribution in [3.05, 3.63) is 12.7 Å². The Bertz CT molecular complexity index is 162. The Morgan fingerprint density at radius 3 is 2.71 bits per heavy atom. The molecule has 0 aliphatic carbocycles. The highest BCUT2D eigenvalue weighted by Crippen LogP contribution is 1.89. The Balaban J connectivity index is 0. The standard InChI is InChI=1S/C9H19N3S.HI/c1-4-6-11-9(10-5-2)12-7-8-13-3;/h4H,1,5-8H2,2-3H3,(H2,10,11,12);1H. The van der Waals surface area contributed by atoms with Crippen molar-refractivity contribution in [2.45, 2.75) is 6.92 Å². The fourth-order valence-electron chi connectivity index (χ4n) is 0.759. The summed E-state index contributed by atoms with van der Waals surface area (Å²) >= 11 is 1.80. The quantitative estimate of drug-likeness (QED) is 0.256. The van der Waals surface area contributed by atoms with Gasteiger partial charge in [0.25, 0.3) is 0 Å². The molecule has 0 rings (SSSR count). The highest BCUT2D eigenvalue weighted by Gasteiger charge is 1.92. The van der Waals surface area contributed by atoms with Crippen LogP contribution in [-0.4, -0.2) is 37.6 Å². The maximum atomic E-state index is 4.37. The summed E-state index contributed by atoms with van der Waals surface area (Å²) in [6, 6.07) is 0. The Labute approximate surface area is 108 Å². The minimum Gasteiger partial charge on any atom is -0.357 e. The van der Waals surface area contributed by atoms with Gasteiger partial charge in [0, 0.05) is 18.8 Å². The number of rotatable bonds is 6. The number of aliphatic imine (C=N–C) groups is 1. The van der Waals surface area contributed by atoms with Gasteiger partial charge in [-0.3, -0.25) is 4.99 Å². The predicted octanol–water partition coefficient (Wildman–Crippen LogP) is 1.71. The van der Waals surface area contributed by atoms with Crippen LogP contribution in [0.4, 0.5) is 0 Å². The van der Waals surface area contributed by atoms with Crippen LogP contribution < -0.4 is 10.6 Å². The molecule has 0 aromatic carbocycles. The molecule has 0 bridgehead atoms. The molecule has 0 fully saturated rings. The van der Waals surface area contributed by atoms with E-state index in [9.17, 15) is 0 Å². The monoisotopic (exact) mass is 329 g/mol. The van der Waals surface area contributed by atoms with Crippen LogP contribution in [0.15, 0.2) is 17.6 Å². The molecule has 0 heterocycles. The summed E-state index contributed by atoms with van der Waals surface area (Å²) in [5, 5.41) is 6.30. The van der Waals surface area contributed by atoms with Crippen LogP contribution >= 0.6 is 35.7 Å². The molecule has 0 aromatic heterocycles. The normalized spacial score (nSPS) is 10.3. The summed E-state index contributed by atoms with van der Waals surface area (Å²) < 4.78 is 0. The third-order valence-electron chi connectivity index (χ3n) is 1.32. The molecule has 0 amide bonds. The molecule has 3 nitrogen and oxygen atoms in total. The molecule has 0 radical (unpaired) electrons. The molecule has 0 aromatic rings. The molecule has 0 aliphatic heterocycles. The summed E-state index contributed by atoms with van der Waals surface area (Å²) in [4.78, 5) is 4.37. The summed E-state index contributed by atoms with van der Waals surface area (Å²) in [5.41, 5.74) is 0. The average Bonchev–Trinajstić information content (AvgIpc) is 2.14. The minimum atomic E-state index is 0. The Hall–Kier alpha value is 0.0900. The van der Waals surface area contributed by atoms with Gasteiger partial charge in [-0.2, -0.15) is 11.8 Å². The van der Waals surface area contributed by atoms with Crippen molar-refractivity contribution in [1.82, 2.24) is 10.6 Å². The third kappa shape index (κ3) is 10.2. The summed E-state index contributed by atoms with van der Waals surface area (Å²) in [5.74, 6) is 1.93. The molecule has 14 heavy (non-hydrogen) atoms. The van der Waals surface area contributed by atoms with E-state index < -0.39 is 0 Å². The first kappa shape index (κ1) is 16.5. The van der Waals surface area contributed by atoms with Gasteiger partial charge in [-0.25, -0.2) is 0 Å². The van der Waals surface area contributed by atoms with E-state index in [-0.39, 0.29) is 24.0 Å². The smallest absolute Gasteiger partial charge is 0.191 e. The van der Waals surface area contributed by atoms with Crippen LogP contribution in [0, 0.1) is 0 Å². The molecule has 0 unspecified atom stereocenters.